The first-order chi connectivity index (χ1) is 8.60. The quantitative estimate of drug-likeness (QED) is 0.529. The summed E-state index contributed by atoms with van der Waals surface area (Å²) >= 11 is 7.91. The lowest BCUT2D eigenvalue weighted by atomic mass is 10.0. The molecule has 5 nitrogen and oxygen atoms in total. The summed E-state index contributed by atoms with van der Waals surface area (Å²) in [6.45, 7) is 5.19. The van der Waals surface area contributed by atoms with Gasteiger partial charge in [0, 0.05) is 11.3 Å². The number of nitrogens with two attached hydrogens (primary N) is 1. The minimum absolute atomic E-state index is 0.199. The zero-order valence-corrected chi connectivity index (χ0v) is 12.5. The van der Waals surface area contributed by atoms with Crippen molar-refractivity contribution in [2.45, 2.75) is 31.4 Å². The van der Waals surface area contributed by atoms with E-state index in [9.17, 15) is 0 Å². The molecule has 102 valence electrons. The summed E-state index contributed by atoms with van der Waals surface area (Å²) in [4.78, 5) is 8.14. The van der Waals surface area contributed by atoms with Crippen LogP contribution >= 0.6 is 23.4 Å². The molecule has 1 aromatic heterocycles. The third kappa shape index (κ3) is 3.63. The molecule has 0 spiro atoms. The first-order valence-corrected chi connectivity index (χ1v) is 7.49. The van der Waals surface area contributed by atoms with Gasteiger partial charge in [0.1, 0.15) is 5.02 Å². The van der Waals surface area contributed by atoms with Crippen molar-refractivity contribution < 1.29 is 0 Å². The third-order valence-electron chi connectivity index (χ3n) is 3.17. The molecule has 0 radical (unpaired) electrons. The molecule has 1 aromatic rings. The molecule has 0 aromatic carbocycles. The van der Waals surface area contributed by atoms with Gasteiger partial charge in [0.05, 0.1) is 6.20 Å². The zero-order valence-electron chi connectivity index (χ0n) is 11.0. The van der Waals surface area contributed by atoms with Gasteiger partial charge in [-0.25, -0.2) is 10.8 Å². The number of nitrogens with one attached hydrogen (secondary N) is 2. The maximum atomic E-state index is 6.05. The Balaban J connectivity index is 2.78. The standard InChI is InChI=1S/C11H20ClN5S/c1-4-11(5-2,18-3)7-15-9-8(12)6-14-10(16-9)17-13/h6H,4-5,7,13H2,1-3H3,(H2,14,15,16,17). The van der Waals surface area contributed by atoms with E-state index in [-0.39, 0.29) is 4.75 Å². The van der Waals surface area contributed by atoms with Crippen LogP contribution in [0, 0.1) is 0 Å². The van der Waals surface area contributed by atoms with Crippen LogP contribution in [-0.2, 0) is 0 Å². The van der Waals surface area contributed by atoms with Crippen LogP contribution in [0.3, 0.4) is 0 Å². The number of hydrogen-bond acceptors (Lipinski definition) is 6. The van der Waals surface area contributed by atoms with Crippen LogP contribution in [0.4, 0.5) is 11.8 Å². The first-order valence-electron chi connectivity index (χ1n) is 5.89. The highest BCUT2D eigenvalue weighted by atomic mass is 35.5. The summed E-state index contributed by atoms with van der Waals surface area (Å²) in [6.07, 6.45) is 5.83. The second kappa shape index (κ2) is 7.01. The number of hydrazine groups is 1. The molecule has 7 heteroatoms. The summed E-state index contributed by atoms with van der Waals surface area (Å²) in [7, 11) is 0. The summed E-state index contributed by atoms with van der Waals surface area (Å²) in [6, 6.07) is 0. The SMILES string of the molecule is CCC(CC)(CNc1nc(NN)ncc1Cl)SC. The van der Waals surface area contributed by atoms with Crippen molar-refractivity contribution in [3.63, 3.8) is 0 Å². The number of thioether (sulfide) groups is 1. The fourth-order valence-corrected chi connectivity index (χ4v) is 2.62. The van der Waals surface area contributed by atoms with E-state index in [1.165, 1.54) is 6.20 Å². The van der Waals surface area contributed by atoms with Gasteiger partial charge < -0.3 is 5.32 Å². The number of aromatic nitrogens is 2. The smallest absolute Gasteiger partial charge is 0.239 e. The van der Waals surface area contributed by atoms with Gasteiger partial charge in [-0.1, -0.05) is 25.4 Å². The normalized spacial score (nSPS) is 11.4. The summed E-state index contributed by atoms with van der Waals surface area (Å²) in [5, 5.41) is 3.78. The Morgan fingerprint density at radius 1 is 1.44 bits per heavy atom. The number of hydrogen-bond donors (Lipinski definition) is 3. The predicted octanol–water partition coefficient (Wildman–Crippen LogP) is 2.75. The molecule has 0 aliphatic heterocycles. The molecular weight excluding hydrogens is 270 g/mol. The Bertz CT molecular complexity index is 375. The lowest BCUT2D eigenvalue weighted by Gasteiger charge is -2.30. The largest absolute Gasteiger partial charge is 0.367 e. The molecule has 0 amide bonds. The average molecular weight is 290 g/mol. The molecule has 0 unspecified atom stereocenters. The van der Waals surface area contributed by atoms with Gasteiger partial charge >= 0.3 is 0 Å². The van der Waals surface area contributed by atoms with Gasteiger partial charge in [0.25, 0.3) is 0 Å². The van der Waals surface area contributed by atoms with Gasteiger partial charge in [0.2, 0.25) is 5.95 Å². The predicted molar refractivity (Wildman–Crippen MR) is 80.2 cm³/mol. The highest BCUT2D eigenvalue weighted by molar-refractivity contribution is 8.00. The molecular formula is C11H20ClN5S. The average Bonchev–Trinajstić information content (AvgIpc) is 2.42. The van der Waals surface area contributed by atoms with Crippen LogP contribution < -0.4 is 16.6 Å². The molecule has 1 rings (SSSR count). The molecule has 0 aliphatic rings. The zero-order chi connectivity index (χ0) is 13.6. The molecule has 18 heavy (non-hydrogen) atoms. The van der Waals surface area contributed by atoms with Crippen LogP contribution in [0.15, 0.2) is 6.20 Å². The second-order valence-electron chi connectivity index (χ2n) is 3.98. The van der Waals surface area contributed by atoms with Gasteiger partial charge in [-0.05, 0) is 19.1 Å². The number of nitrogens with zero attached hydrogens (tertiary/aromatic N) is 2. The Kier molecular flexibility index (Phi) is 5.98. The van der Waals surface area contributed by atoms with E-state index in [0.717, 1.165) is 19.4 Å². The minimum Gasteiger partial charge on any atom is -0.367 e. The number of anilines is 2. The Hall–Kier alpha value is -0.720. The monoisotopic (exact) mass is 289 g/mol. The molecule has 0 bridgehead atoms. The van der Waals surface area contributed by atoms with Crippen LogP contribution in [0.5, 0.6) is 0 Å². The van der Waals surface area contributed by atoms with E-state index in [2.05, 4.69) is 40.8 Å². The first kappa shape index (κ1) is 15.3. The van der Waals surface area contributed by atoms with E-state index >= 15 is 0 Å². The van der Waals surface area contributed by atoms with Crippen molar-refractivity contribution in [1.82, 2.24) is 9.97 Å². The van der Waals surface area contributed by atoms with E-state index in [1.807, 2.05) is 11.8 Å². The fourth-order valence-electron chi connectivity index (χ4n) is 1.67. The lowest BCUT2D eigenvalue weighted by molar-refractivity contribution is 0.574. The van der Waals surface area contributed by atoms with Crippen molar-refractivity contribution in [3.05, 3.63) is 11.2 Å². The Labute approximate surface area is 117 Å². The topological polar surface area (TPSA) is 75.9 Å². The van der Waals surface area contributed by atoms with Gasteiger partial charge in [-0.3, -0.25) is 5.43 Å². The molecule has 0 atom stereocenters. The van der Waals surface area contributed by atoms with Gasteiger partial charge in [-0.15, -0.1) is 0 Å². The third-order valence-corrected chi connectivity index (χ3v) is 5.04. The van der Waals surface area contributed by atoms with Crippen LogP contribution in [0.2, 0.25) is 5.02 Å². The van der Waals surface area contributed by atoms with Crippen molar-refractivity contribution >= 4 is 35.1 Å². The van der Waals surface area contributed by atoms with E-state index in [1.54, 1.807) is 0 Å². The number of rotatable bonds is 7. The molecule has 0 saturated carbocycles. The molecule has 0 aliphatic carbocycles. The fraction of sp³-hybridized carbons (Fsp3) is 0.636. The second-order valence-corrected chi connectivity index (χ2v) is 5.66. The maximum Gasteiger partial charge on any atom is 0.239 e. The van der Waals surface area contributed by atoms with Crippen molar-refractivity contribution in [3.8, 4) is 0 Å². The lowest BCUT2D eigenvalue weighted by Crippen LogP contribution is -2.32. The van der Waals surface area contributed by atoms with Crippen molar-refractivity contribution in [2.75, 3.05) is 23.5 Å². The summed E-state index contributed by atoms with van der Waals surface area (Å²) in [5.41, 5.74) is 2.41. The molecule has 4 N–H and O–H groups in total. The highest BCUT2D eigenvalue weighted by Gasteiger charge is 2.25. The van der Waals surface area contributed by atoms with Gasteiger partial charge in [-0.2, -0.15) is 16.7 Å². The Morgan fingerprint density at radius 3 is 2.61 bits per heavy atom. The van der Waals surface area contributed by atoms with Crippen LogP contribution in [0.25, 0.3) is 0 Å². The highest BCUT2D eigenvalue weighted by Crippen LogP contribution is 2.31. The Morgan fingerprint density at radius 2 is 2.11 bits per heavy atom. The van der Waals surface area contributed by atoms with Gasteiger partial charge in [0.15, 0.2) is 5.82 Å². The molecule has 0 fully saturated rings. The van der Waals surface area contributed by atoms with Crippen LogP contribution in [-0.4, -0.2) is 27.5 Å². The maximum absolute atomic E-state index is 6.05. The number of nitrogen functional groups attached to an aromatic ring is 1. The van der Waals surface area contributed by atoms with E-state index < -0.39 is 0 Å². The summed E-state index contributed by atoms with van der Waals surface area (Å²) < 4.78 is 0.199. The molecule has 0 saturated heterocycles. The minimum atomic E-state index is 0.199. The van der Waals surface area contributed by atoms with Crippen LogP contribution in [0.1, 0.15) is 26.7 Å². The number of halogens is 1. The van der Waals surface area contributed by atoms with E-state index in [0.29, 0.717) is 16.8 Å². The van der Waals surface area contributed by atoms with E-state index in [4.69, 9.17) is 17.4 Å². The van der Waals surface area contributed by atoms with Crippen molar-refractivity contribution in [2.24, 2.45) is 5.84 Å². The molecule has 1 heterocycles. The van der Waals surface area contributed by atoms with Crippen molar-refractivity contribution in [1.29, 1.82) is 0 Å². The summed E-state index contributed by atoms with van der Waals surface area (Å²) in [5.74, 6) is 6.24.